The lowest BCUT2D eigenvalue weighted by atomic mass is 9.43. The standard InChI is InChI=1S/C32H56BNO6SSi/c1-29(2,3)38-28(36)19-22(40-42(10,11)30(4,5)6)14-15-26(34-27(35)20-23-13-12-16-41-23)33-39-25-18-21-17-24(31(21,7)8)32(25,9)37/h12-13,16,21-22,24-26,33,37H,14-15,17-20H2,1-11H3,(H,34,35)/t21-,22?,24-,25+,26-,32-/m0/s1. The third kappa shape index (κ3) is 8.93. The van der Waals surface area contributed by atoms with Crippen LogP contribution in [0.25, 0.3) is 0 Å². The van der Waals surface area contributed by atoms with Gasteiger partial charge >= 0.3 is 5.97 Å². The van der Waals surface area contributed by atoms with Gasteiger partial charge < -0.3 is 24.2 Å². The van der Waals surface area contributed by atoms with Gasteiger partial charge in [0.1, 0.15) is 5.60 Å². The first-order chi connectivity index (χ1) is 19.1. The van der Waals surface area contributed by atoms with Crippen molar-refractivity contribution in [3.8, 4) is 0 Å². The second kappa shape index (κ2) is 13.0. The molecule has 6 atom stereocenters. The molecular weight excluding hydrogens is 565 g/mol. The number of amides is 1. The molecule has 1 unspecified atom stereocenters. The van der Waals surface area contributed by atoms with Crippen molar-refractivity contribution in [3.63, 3.8) is 0 Å². The quantitative estimate of drug-likeness (QED) is 0.202. The molecule has 238 valence electrons. The van der Waals surface area contributed by atoms with E-state index in [1.807, 2.05) is 45.2 Å². The van der Waals surface area contributed by atoms with E-state index in [9.17, 15) is 14.7 Å². The molecule has 10 heteroatoms. The summed E-state index contributed by atoms with van der Waals surface area (Å²) in [6, 6.07) is 3.91. The average molecular weight is 622 g/mol. The van der Waals surface area contributed by atoms with Gasteiger partial charge in [-0.15, -0.1) is 11.3 Å². The van der Waals surface area contributed by atoms with E-state index >= 15 is 0 Å². The number of thiophene rings is 1. The van der Waals surface area contributed by atoms with Gasteiger partial charge in [-0.05, 0) is 100 Å². The molecule has 3 aliphatic carbocycles. The topological polar surface area (TPSA) is 94.1 Å². The van der Waals surface area contributed by atoms with Gasteiger partial charge in [-0.25, -0.2) is 0 Å². The molecule has 3 saturated carbocycles. The van der Waals surface area contributed by atoms with E-state index in [1.54, 1.807) is 11.3 Å². The Morgan fingerprint density at radius 3 is 2.33 bits per heavy atom. The third-order valence-corrected chi connectivity index (χ3v) is 15.4. The first kappa shape index (κ1) is 35.3. The number of aliphatic hydroxyl groups is 1. The molecule has 2 N–H and O–H groups in total. The molecule has 42 heavy (non-hydrogen) atoms. The van der Waals surface area contributed by atoms with Crippen LogP contribution in [0.5, 0.6) is 0 Å². The zero-order valence-corrected chi connectivity index (χ0v) is 29.8. The predicted octanol–water partition coefficient (Wildman–Crippen LogP) is 6.19. The molecule has 0 radical (unpaired) electrons. The van der Waals surface area contributed by atoms with Crippen molar-refractivity contribution in [2.45, 2.75) is 148 Å². The van der Waals surface area contributed by atoms with Gasteiger partial charge in [-0.1, -0.05) is 40.7 Å². The number of esters is 1. The van der Waals surface area contributed by atoms with Crippen LogP contribution in [0.2, 0.25) is 18.1 Å². The zero-order chi connectivity index (χ0) is 31.7. The fraction of sp³-hybridized carbons (Fsp3) is 0.812. The van der Waals surface area contributed by atoms with Crippen LogP contribution < -0.4 is 5.32 Å². The summed E-state index contributed by atoms with van der Waals surface area (Å²) >= 11 is 1.57. The second-order valence-corrected chi connectivity index (χ2v) is 21.8. The van der Waals surface area contributed by atoms with Crippen LogP contribution in [-0.2, 0) is 29.8 Å². The van der Waals surface area contributed by atoms with E-state index in [0.717, 1.165) is 17.7 Å². The summed E-state index contributed by atoms with van der Waals surface area (Å²) in [6.07, 6.45) is 2.91. The Morgan fingerprint density at radius 2 is 1.81 bits per heavy atom. The molecule has 3 fully saturated rings. The van der Waals surface area contributed by atoms with Crippen molar-refractivity contribution in [2.24, 2.45) is 17.3 Å². The number of carbonyl (C=O) groups is 2. The molecule has 0 spiro atoms. The Kier molecular flexibility index (Phi) is 11.0. The molecule has 0 aromatic carbocycles. The van der Waals surface area contributed by atoms with Crippen LogP contribution in [0.3, 0.4) is 0 Å². The molecule has 1 heterocycles. The van der Waals surface area contributed by atoms with Crippen LogP contribution in [-0.4, -0.2) is 62.1 Å². The number of hydrogen-bond acceptors (Lipinski definition) is 7. The summed E-state index contributed by atoms with van der Waals surface area (Å²) in [6.45, 7) is 23.0. The Bertz CT molecular complexity index is 1060. The Labute approximate surface area is 260 Å². The molecule has 7 nitrogen and oxygen atoms in total. The first-order valence-electron chi connectivity index (χ1n) is 15.7. The van der Waals surface area contributed by atoms with Crippen LogP contribution in [0.4, 0.5) is 0 Å². The highest BCUT2D eigenvalue weighted by molar-refractivity contribution is 7.10. The van der Waals surface area contributed by atoms with Crippen LogP contribution in [0.1, 0.15) is 99.3 Å². The van der Waals surface area contributed by atoms with Crippen molar-refractivity contribution >= 4 is 39.0 Å². The largest absolute Gasteiger partial charge is 0.460 e. The lowest BCUT2D eigenvalue weighted by molar-refractivity contribution is -0.239. The highest BCUT2D eigenvalue weighted by atomic mass is 32.1. The summed E-state index contributed by atoms with van der Waals surface area (Å²) in [4.78, 5) is 27.0. The van der Waals surface area contributed by atoms with Gasteiger partial charge in [0.05, 0.1) is 30.7 Å². The number of rotatable bonds is 13. The lowest BCUT2D eigenvalue weighted by Crippen LogP contribution is -2.67. The summed E-state index contributed by atoms with van der Waals surface area (Å²) < 4.78 is 18.8. The molecule has 1 aromatic rings. The van der Waals surface area contributed by atoms with E-state index in [-0.39, 0.29) is 52.8 Å². The van der Waals surface area contributed by atoms with E-state index in [4.69, 9.17) is 13.8 Å². The van der Waals surface area contributed by atoms with Crippen molar-refractivity contribution < 1.29 is 28.5 Å². The maximum Gasteiger partial charge on any atom is 0.308 e. The average Bonchev–Trinajstić information content (AvgIpc) is 3.31. The van der Waals surface area contributed by atoms with E-state index in [2.05, 4.69) is 53.0 Å². The zero-order valence-electron chi connectivity index (χ0n) is 28.0. The number of ether oxygens (including phenoxy) is 1. The first-order valence-corrected chi connectivity index (χ1v) is 19.5. The van der Waals surface area contributed by atoms with Gasteiger partial charge in [0, 0.05) is 10.8 Å². The monoisotopic (exact) mass is 621 g/mol. The number of nitrogens with one attached hydrogen (secondary N) is 1. The molecule has 1 aromatic heterocycles. The van der Waals surface area contributed by atoms with Gasteiger partial charge in [-0.2, -0.15) is 0 Å². The summed E-state index contributed by atoms with van der Waals surface area (Å²) in [5.41, 5.74) is -1.36. The molecule has 3 aliphatic rings. The summed E-state index contributed by atoms with van der Waals surface area (Å²) in [5, 5.41) is 16.6. The molecule has 2 bridgehead atoms. The molecular formula is C32H56BNO6SSi. The number of fused-ring (bicyclic) bond motifs is 2. The minimum absolute atomic E-state index is 0.0161. The Morgan fingerprint density at radius 1 is 1.14 bits per heavy atom. The molecule has 0 saturated heterocycles. The van der Waals surface area contributed by atoms with E-state index < -0.39 is 19.5 Å². The summed E-state index contributed by atoms with van der Waals surface area (Å²) in [5.74, 6) is 0.136. The van der Waals surface area contributed by atoms with Crippen LogP contribution >= 0.6 is 11.3 Å². The molecule has 1 amide bonds. The second-order valence-electron chi connectivity index (χ2n) is 16.0. The van der Waals surface area contributed by atoms with Crippen molar-refractivity contribution in [1.82, 2.24) is 5.32 Å². The van der Waals surface area contributed by atoms with Gasteiger partial charge in [-0.3, -0.25) is 9.59 Å². The van der Waals surface area contributed by atoms with Gasteiger partial charge in [0.2, 0.25) is 5.91 Å². The van der Waals surface area contributed by atoms with Gasteiger partial charge in [0.15, 0.2) is 8.32 Å². The van der Waals surface area contributed by atoms with Crippen LogP contribution in [0.15, 0.2) is 17.5 Å². The Balaban J connectivity index is 1.72. The number of carbonyl (C=O) groups excluding carboxylic acids is 2. The van der Waals surface area contributed by atoms with Crippen molar-refractivity contribution in [2.75, 3.05) is 0 Å². The van der Waals surface area contributed by atoms with Crippen LogP contribution in [0, 0.1) is 17.3 Å². The van der Waals surface area contributed by atoms with E-state index in [0.29, 0.717) is 32.7 Å². The third-order valence-electron chi connectivity index (χ3n) is 10.0. The SMILES string of the molecule is CC(C)(C)OC(=O)CC(CC[C@@H](BO[C@@H]1C[C@@H]2C[C@@H](C2(C)C)[C@]1(C)O)NC(=O)Cc1cccs1)O[Si](C)(C)C(C)(C)C. The smallest absolute Gasteiger partial charge is 0.308 e. The van der Waals surface area contributed by atoms with E-state index in [1.165, 1.54) is 0 Å². The highest BCUT2D eigenvalue weighted by Crippen LogP contribution is 2.63. The summed E-state index contributed by atoms with van der Waals surface area (Å²) in [7, 11) is -1.88. The lowest BCUT2D eigenvalue weighted by Gasteiger charge is -2.65. The highest BCUT2D eigenvalue weighted by Gasteiger charge is 2.63. The van der Waals surface area contributed by atoms with Crippen molar-refractivity contribution in [1.29, 1.82) is 0 Å². The molecule has 4 rings (SSSR count). The fourth-order valence-electron chi connectivity index (χ4n) is 6.40. The minimum Gasteiger partial charge on any atom is -0.460 e. The maximum atomic E-state index is 13.1. The molecule has 0 aliphatic heterocycles. The normalized spacial score (nSPS) is 27.0. The predicted molar refractivity (Wildman–Crippen MR) is 174 cm³/mol. The van der Waals surface area contributed by atoms with Gasteiger partial charge in [0.25, 0.3) is 7.48 Å². The number of hydrogen-bond donors (Lipinski definition) is 2. The fourth-order valence-corrected chi connectivity index (χ4v) is 8.49. The maximum absolute atomic E-state index is 13.1. The minimum atomic E-state index is -2.18. The Hall–Kier alpha value is -1.20. The van der Waals surface area contributed by atoms with Crippen molar-refractivity contribution in [3.05, 3.63) is 22.4 Å².